The van der Waals surface area contributed by atoms with Gasteiger partial charge in [0.15, 0.2) is 5.78 Å². The van der Waals surface area contributed by atoms with Crippen molar-refractivity contribution in [3.63, 3.8) is 0 Å². The summed E-state index contributed by atoms with van der Waals surface area (Å²) in [6.45, 7) is 19.1. The largest absolute Gasteiger partial charge is 0.507 e. The van der Waals surface area contributed by atoms with E-state index in [1.165, 1.54) is 46.3 Å². The highest BCUT2D eigenvalue weighted by molar-refractivity contribution is 7.51. The zero-order chi connectivity index (χ0) is 58.8. The average molecular weight is 1130 g/mol. The summed E-state index contributed by atoms with van der Waals surface area (Å²) in [5.74, 6) is -7.53. The maximum Gasteiger partial charge on any atom is 0.325 e. The summed E-state index contributed by atoms with van der Waals surface area (Å²) in [4.78, 5) is 100. The summed E-state index contributed by atoms with van der Waals surface area (Å²) in [6.07, 6.45) is 4.70. The van der Waals surface area contributed by atoms with Crippen LogP contribution in [0.3, 0.4) is 0 Å². The number of aliphatic hydroxyl groups excluding tert-OH is 2. The number of piperidine rings is 1. The minimum absolute atomic E-state index is 0.00231. The van der Waals surface area contributed by atoms with Crippen molar-refractivity contribution >= 4 is 42.5 Å². The fourth-order valence-electron chi connectivity index (χ4n) is 11.6. The van der Waals surface area contributed by atoms with Crippen molar-refractivity contribution in [2.45, 2.75) is 137 Å². The van der Waals surface area contributed by atoms with E-state index in [-0.39, 0.29) is 88.6 Å². The molecule has 0 aromatic heterocycles. The highest BCUT2D eigenvalue weighted by atomic mass is 31.2. The number of carbonyl (C=O) groups excluding carboxylic acids is 5. The molecule has 4 aliphatic heterocycles. The molecule has 20 nitrogen and oxygen atoms in total. The summed E-state index contributed by atoms with van der Waals surface area (Å²) >= 11 is 0. The molecule has 0 radical (unpaired) electrons. The molecule has 21 heteroatoms. The fourth-order valence-corrected chi connectivity index (χ4v) is 12.2. The van der Waals surface area contributed by atoms with E-state index in [1.54, 1.807) is 71.0 Å². The number of carbonyl (C=O) groups is 5. The second kappa shape index (κ2) is 25.0. The van der Waals surface area contributed by atoms with Gasteiger partial charge in [0.1, 0.15) is 34.7 Å². The van der Waals surface area contributed by atoms with Gasteiger partial charge in [-0.05, 0) is 62.9 Å². The number of hydrogen-bond donors (Lipinski definition) is 6. The highest BCUT2D eigenvalue weighted by Crippen LogP contribution is 2.52. The lowest BCUT2D eigenvalue weighted by atomic mass is 9.78. The van der Waals surface area contributed by atoms with Gasteiger partial charge in [0.05, 0.1) is 53.7 Å². The summed E-state index contributed by atoms with van der Waals surface area (Å²) < 4.78 is 41.3. The van der Waals surface area contributed by atoms with Crippen LogP contribution in [0.5, 0.6) is 17.2 Å². The van der Waals surface area contributed by atoms with Crippen LogP contribution in [0.25, 0.3) is 0 Å². The Morgan fingerprint density at radius 3 is 2.24 bits per heavy atom. The molecular formula is C59H79N4O16P. The van der Waals surface area contributed by atoms with Crippen molar-refractivity contribution in [1.29, 1.82) is 0 Å². The number of allylic oxidation sites excluding steroid dienone is 4. The van der Waals surface area contributed by atoms with Crippen molar-refractivity contribution < 1.29 is 77.3 Å². The number of phenols is 1. The van der Waals surface area contributed by atoms with Gasteiger partial charge in [-0.2, -0.15) is 0 Å². The van der Waals surface area contributed by atoms with Gasteiger partial charge in [0.2, 0.25) is 5.78 Å². The minimum atomic E-state index is -4.12. The Bertz CT molecular complexity index is 2920. The van der Waals surface area contributed by atoms with Crippen molar-refractivity contribution in [2.75, 3.05) is 46.1 Å². The number of rotatable bonds is 14. The van der Waals surface area contributed by atoms with Crippen LogP contribution < -0.4 is 14.8 Å². The summed E-state index contributed by atoms with van der Waals surface area (Å²) in [7, 11) is -2.68. The number of aromatic hydroxyl groups is 1. The first kappa shape index (κ1) is 61.6. The number of benzene rings is 2. The second-order valence-electron chi connectivity index (χ2n) is 22.6. The van der Waals surface area contributed by atoms with Gasteiger partial charge in [-0.1, -0.05) is 59.8 Å². The van der Waals surface area contributed by atoms with E-state index < -0.39 is 96.3 Å². The number of unbranched alkanes of at least 4 members (excludes halogenated alkanes) is 1. The fraction of sp³-hybridized carbons (Fsp3) is 0.559. The lowest BCUT2D eigenvalue weighted by Crippen LogP contribution is -2.53. The molecular weight excluding hydrogens is 1050 g/mol. The van der Waals surface area contributed by atoms with E-state index >= 15 is 9.59 Å². The highest BCUT2D eigenvalue weighted by Gasteiger charge is 2.56. The van der Waals surface area contributed by atoms with E-state index in [2.05, 4.69) is 24.1 Å². The van der Waals surface area contributed by atoms with Crippen molar-refractivity contribution in [3.8, 4) is 17.2 Å². The molecule has 6 N–H and O–H groups in total. The standard InChI is InChI=1S/C59H79N4O16P/c1-32(2)31-62-26-23-59(24-27-62)61-47-44-45-52(68)38(8)55-46(44)56(70)58(10,79-55)77-29-22-43(75-11)35(5)54(78-39(9)64)37(7)51(67)36(6)50(66)33(3)15-14-16-34(4)57(71)60-48(53(45)69)49(47)63(59)25-21-42(65)40-17-19-41(20-18-40)76-28-12-13-30-80(72,73)74/h14-20,22,29,32-33,35-37,43,50-51,54,66-68H,12-13,21,23-28,30-31H2,1-11H3,(H,60,71)(H2,72,73,74)/b15-14+,29-22+,34-16-/t33-,35+,36+,37+,43-,50-,51+,54+,58-/m0/s1. The maximum atomic E-state index is 15.5. The average Bonchev–Trinajstić information content (AvgIpc) is 4.08. The predicted molar refractivity (Wildman–Crippen MR) is 297 cm³/mol. The number of nitrogens with zero attached hydrogens (tertiary/aromatic N) is 3. The number of aliphatic imine (C=N–C) groups is 1. The normalized spacial score (nSPS) is 28.9. The van der Waals surface area contributed by atoms with E-state index in [9.17, 15) is 44.1 Å². The topological polar surface area (TPSA) is 281 Å². The molecule has 1 spiro atoms. The Morgan fingerprint density at radius 2 is 1.61 bits per heavy atom. The maximum absolute atomic E-state index is 15.5. The molecule has 0 unspecified atom stereocenters. The quantitative estimate of drug-likeness (QED) is 0.0484. The van der Waals surface area contributed by atoms with Gasteiger partial charge in [0, 0.05) is 118 Å². The molecule has 7 rings (SSSR count). The molecule has 436 valence electrons. The van der Waals surface area contributed by atoms with Gasteiger partial charge >= 0.3 is 19.4 Å². The third-order valence-electron chi connectivity index (χ3n) is 16.2. The molecule has 2 aromatic rings. The van der Waals surface area contributed by atoms with Crippen molar-refractivity contribution in [3.05, 3.63) is 99.6 Å². The van der Waals surface area contributed by atoms with Crippen LogP contribution in [0.15, 0.2) is 76.8 Å². The van der Waals surface area contributed by atoms with E-state index in [1.807, 2.05) is 4.90 Å². The first-order valence-electron chi connectivity index (χ1n) is 27.5. The molecule has 1 amide bonds. The summed E-state index contributed by atoms with van der Waals surface area (Å²) in [5, 5.41) is 38.4. The Balaban J connectivity index is 1.34. The Kier molecular flexibility index (Phi) is 19.3. The second-order valence-corrected chi connectivity index (χ2v) is 24.4. The first-order valence-corrected chi connectivity index (χ1v) is 29.3. The molecule has 1 saturated heterocycles. The Labute approximate surface area is 468 Å². The third kappa shape index (κ3) is 13.0. The van der Waals surface area contributed by atoms with Gasteiger partial charge in [-0.3, -0.25) is 33.5 Å². The van der Waals surface area contributed by atoms with Crippen molar-refractivity contribution in [2.24, 2.45) is 34.6 Å². The lowest BCUT2D eigenvalue weighted by Gasteiger charge is -2.45. The number of aliphatic hydroxyl groups is 2. The van der Waals surface area contributed by atoms with Crippen LogP contribution in [-0.2, 0) is 28.4 Å². The van der Waals surface area contributed by atoms with Gasteiger partial charge in [-0.25, -0.2) is 0 Å². The molecule has 0 saturated carbocycles. The summed E-state index contributed by atoms with van der Waals surface area (Å²) in [6, 6.07) is 6.53. The van der Waals surface area contributed by atoms with Crippen LogP contribution >= 0.6 is 7.60 Å². The molecule has 5 aliphatic rings. The first-order chi connectivity index (χ1) is 37.6. The van der Waals surface area contributed by atoms with Crippen LogP contribution in [0.4, 0.5) is 0 Å². The Hall–Kier alpha value is -5.99. The Morgan fingerprint density at radius 1 is 0.938 bits per heavy atom. The number of fused-ring (bicyclic) bond motifs is 3. The SMILES string of the molecule is CO[C@H]1/C=C/O[C@@]2(C)Oc3c(C)c(O)c4c(c3C2=O)C2=NC3(CCN(CC(C)C)CC3)N(CCC(=O)c3ccc(OCCCCP(=O)(O)O)cc3)C2=C(NC(=O)/C(C)=C\C=C\[C@H](C)[C@H](O)[C@@H](C)[C@@H](O)[C@@H](C)[C@H](OC(C)=O)[C@@H]1C)C4=O. The number of ketones is 3. The molecule has 4 heterocycles. The van der Waals surface area contributed by atoms with E-state index in [4.69, 9.17) is 28.7 Å². The molecule has 1 aliphatic carbocycles. The monoisotopic (exact) mass is 1130 g/mol. The zero-order valence-corrected chi connectivity index (χ0v) is 48.6. The minimum Gasteiger partial charge on any atom is -0.507 e. The lowest BCUT2D eigenvalue weighted by molar-refractivity contribution is -0.160. The van der Waals surface area contributed by atoms with Crippen LogP contribution in [0.2, 0.25) is 0 Å². The number of amides is 1. The predicted octanol–water partition coefficient (Wildman–Crippen LogP) is 6.94. The third-order valence-corrected chi connectivity index (χ3v) is 17.1. The number of methoxy groups -OCH3 is 1. The number of ether oxygens (including phenoxy) is 5. The van der Waals surface area contributed by atoms with Crippen LogP contribution in [-0.4, -0.2) is 152 Å². The molecule has 80 heavy (non-hydrogen) atoms. The number of phenolic OH excluding ortho intramolecular Hbond substituents is 1. The van der Waals surface area contributed by atoms with E-state index in [0.717, 1.165) is 6.54 Å². The van der Waals surface area contributed by atoms with Crippen molar-refractivity contribution in [1.82, 2.24) is 15.1 Å². The zero-order valence-electron chi connectivity index (χ0n) is 47.7. The molecule has 5 bridgehead atoms. The summed E-state index contributed by atoms with van der Waals surface area (Å²) in [5.41, 5.74) is -0.834. The molecule has 9 atom stereocenters. The molecule has 2 aromatic carbocycles. The van der Waals surface area contributed by atoms with Gasteiger partial charge < -0.3 is 63.9 Å². The number of likely N-dealkylation sites (tertiary alicyclic amines) is 1. The number of Topliss-reactive ketones (excluding diaryl/α,β-unsaturated/α-hetero) is 3. The smallest absolute Gasteiger partial charge is 0.325 e. The number of nitrogens with one attached hydrogen (secondary N) is 1. The number of esters is 1. The van der Waals surface area contributed by atoms with Crippen LogP contribution in [0.1, 0.15) is 137 Å². The van der Waals surface area contributed by atoms with Gasteiger partial charge in [-0.15, -0.1) is 0 Å². The molecule has 1 fully saturated rings. The van der Waals surface area contributed by atoms with E-state index in [0.29, 0.717) is 49.6 Å². The van der Waals surface area contributed by atoms with Gasteiger partial charge in [0.25, 0.3) is 11.7 Å². The van der Waals surface area contributed by atoms with Crippen LogP contribution in [0, 0.1) is 36.5 Å². The number of hydrogen-bond acceptors (Lipinski definition) is 17.